The van der Waals surface area contributed by atoms with E-state index in [9.17, 15) is 44.3 Å². The summed E-state index contributed by atoms with van der Waals surface area (Å²) in [6, 6.07) is 0.319. The molecule has 4 nitrogen and oxygen atoms in total. The van der Waals surface area contributed by atoms with Gasteiger partial charge in [-0.05, 0) is 29.8 Å². The van der Waals surface area contributed by atoms with Crippen molar-refractivity contribution in [3.05, 3.63) is 52.1 Å². The van der Waals surface area contributed by atoms with Gasteiger partial charge in [0.25, 0.3) is 5.91 Å². The molecule has 0 atom stereocenters. The molecule has 2 rings (SSSR count). The number of nitrogens with zero attached hydrogens (tertiary/aromatic N) is 2. The highest BCUT2D eigenvalue weighted by molar-refractivity contribution is 6.28. The van der Waals surface area contributed by atoms with E-state index in [2.05, 4.69) is 9.97 Å². The molecule has 28 heavy (non-hydrogen) atoms. The lowest BCUT2D eigenvalue weighted by Crippen LogP contribution is -2.19. The molecule has 2 aromatic rings. The first-order valence-electron chi connectivity index (χ1n) is 6.80. The van der Waals surface area contributed by atoms with Gasteiger partial charge in [0.2, 0.25) is 5.28 Å². The van der Waals surface area contributed by atoms with E-state index in [1.165, 1.54) is 0 Å². The van der Waals surface area contributed by atoms with Crippen molar-refractivity contribution < 1.29 is 44.3 Å². The van der Waals surface area contributed by atoms with E-state index in [0.29, 0.717) is 0 Å². The highest BCUT2D eigenvalue weighted by atomic mass is 35.5. The van der Waals surface area contributed by atoms with Crippen molar-refractivity contribution in [3.63, 3.8) is 0 Å². The number of benzene rings is 1. The van der Waals surface area contributed by atoms with Gasteiger partial charge in [0.1, 0.15) is 11.4 Å². The zero-order valence-corrected chi connectivity index (χ0v) is 13.6. The molecule has 0 aliphatic heterocycles. The number of anilines is 1. The number of amides is 1. The summed E-state index contributed by atoms with van der Waals surface area (Å²) < 4.78 is 115. The van der Waals surface area contributed by atoms with Crippen LogP contribution in [0.15, 0.2) is 24.3 Å². The first-order valence-corrected chi connectivity index (χ1v) is 7.18. The predicted molar refractivity (Wildman–Crippen MR) is 76.4 cm³/mol. The lowest BCUT2D eigenvalue weighted by Gasteiger charge is -2.15. The van der Waals surface area contributed by atoms with E-state index in [4.69, 9.17) is 11.6 Å². The third-order valence-corrected chi connectivity index (χ3v) is 3.24. The molecule has 0 aliphatic rings. The Balaban J connectivity index is 2.45. The lowest BCUT2D eigenvalue weighted by atomic mass is 10.1. The van der Waals surface area contributed by atoms with Crippen molar-refractivity contribution in [2.75, 3.05) is 5.32 Å². The number of nitrogens with one attached hydrogen (secondary N) is 1. The smallest absolute Gasteiger partial charge is 0.321 e. The van der Waals surface area contributed by atoms with Crippen LogP contribution in [0, 0.1) is 0 Å². The number of halogens is 10. The maximum Gasteiger partial charge on any atom is 0.433 e. The van der Waals surface area contributed by atoms with Gasteiger partial charge in [-0.1, -0.05) is 0 Å². The summed E-state index contributed by atoms with van der Waals surface area (Å²) in [6.07, 6.45) is -15.4. The summed E-state index contributed by atoms with van der Waals surface area (Å²) in [4.78, 5) is 18.0. The van der Waals surface area contributed by atoms with Gasteiger partial charge in [0, 0.05) is 11.8 Å². The SMILES string of the molecule is O=C(Nc1cc(C(F)(F)F)cc(C(F)(F)F)c1)c1cc(C(F)(F)F)nc(Cl)n1. The second kappa shape index (κ2) is 7.11. The summed E-state index contributed by atoms with van der Waals surface area (Å²) in [5.74, 6) is -1.53. The molecule has 0 unspecified atom stereocenters. The third kappa shape index (κ3) is 5.24. The minimum Gasteiger partial charge on any atom is -0.321 e. The fraction of sp³-hybridized carbons (Fsp3) is 0.214. The minimum atomic E-state index is -5.18. The third-order valence-electron chi connectivity index (χ3n) is 3.07. The van der Waals surface area contributed by atoms with Crippen LogP contribution < -0.4 is 5.32 Å². The molecular formula is C14H5ClF9N3O. The Morgan fingerprint density at radius 1 is 0.786 bits per heavy atom. The zero-order chi connectivity index (χ0) is 21.5. The maximum atomic E-state index is 12.8. The van der Waals surface area contributed by atoms with Gasteiger partial charge in [0.15, 0.2) is 0 Å². The first kappa shape index (κ1) is 21.7. The summed E-state index contributed by atoms with van der Waals surface area (Å²) in [5, 5.41) is 0.634. The molecule has 1 aromatic carbocycles. The van der Waals surface area contributed by atoms with Crippen molar-refractivity contribution in [2.24, 2.45) is 0 Å². The van der Waals surface area contributed by atoms with Crippen LogP contribution in [0.2, 0.25) is 5.28 Å². The second-order valence-corrected chi connectivity index (χ2v) is 5.49. The molecule has 0 saturated carbocycles. The van der Waals surface area contributed by atoms with Crippen LogP contribution in [-0.2, 0) is 18.5 Å². The van der Waals surface area contributed by atoms with E-state index < -0.39 is 57.9 Å². The predicted octanol–water partition coefficient (Wildman–Crippen LogP) is 5.44. The zero-order valence-electron chi connectivity index (χ0n) is 12.9. The Morgan fingerprint density at radius 3 is 1.71 bits per heavy atom. The molecular weight excluding hydrogens is 433 g/mol. The number of rotatable bonds is 2. The standard InChI is InChI=1S/C14H5ClF9N3O/c15-11-26-8(4-9(27-11)14(22,23)24)10(28)25-7-2-5(12(16,17)18)1-6(3-7)13(19,20)21/h1-4H,(H,25,28). The van der Waals surface area contributed by atoms with Gasteiger partial charge in [-0.3, -0.25) is 4.79 Å². The van der Waals surface area contributed by atoms with Crippen molar-refractivity contribution in [1.29, 1.82) is 0 Å². The molecule has 0 radical (unpaired) electrons. The van der Waals surface area contributed by atoms with E-state index in [1.54, 1.807) is 5.32 Å². The Morgan fingerprint density at radius 2 is 1.29 bits per heavy atom. The van der Waals surface area contributed by atoms with Gasteiger partial charge in [-0.25, -0.2) is 9.97 Å². The first-order chi connectivity index (χ1) is 12.6. The topological polar surface area (TPSA) is 54.9 Å². The lowest BCUT2D eigenvalue weighted by molar-refractivity contribution is -0.143. The molecule has 0 fully saturated rings. The molecule has 1 aromatic heterocycles. The maximum absolute atomic E-state index is 12.8. The summed E-state index contributed by atoms with van der Waals surface area (Å²) in [5.41, 5.74) is -7.06. The number of alkyl halides is 9. The van der Waals surface area contributed by atoms with Crippen LogP contribution in [-0.4, -0.2) is 15.9 Å². The Kier molecular flexibility index (Phi) is 5.52. The average Bonchev–Trinajstić information content (AvgIpc) is 2.51. The monoisotopic (exact) mass is 437 g/mol. The highest BCUT2D eigenvalue weighted by Crippen LogP contribution is 2.37. The molecule has 152 valence electrons. The second-order valence-electron chi connectivity index (χ2n) is 5.15. The molecule has 1 N–H and O–H groups in total. The fourth-order valence-electron chi connectivity index (χ4n) is 1.90. The Bertz CT molecular complexity index is 874. The van der Waals surface area contributed by atoms with Crippen LogP contribution in [0.5, 0.6) is 0 Å². The van der Waals surface area contributed by atoms with Gasteiger partial charge < -0.3 is 5.32 Å². The Labute approximate surface area is 154 Å². The Hall–Kier alpha value is -2.57. The number of carbonyl (C=O) groups is 1. The number of aromatic nitrogens is 2. The molecule has 0 saturated heterocycles. The van der Waals surface area contributed by atoms with Crippen LogP contribution in [0.4, 0.5) is 45.2 Å². The summed E-state index contributed by atoms with van der Waals surface area (Å²) in [7, 11) is 0. The molecule has 14 heteroatoms. The van der Waals surface area contributed by atoms with Crippen molar-refractivity contribution in [1.82, 2.24) is 9.97 Å². The van der Waals surface area contributed by atoms with E-state index >= 15 is 0 Å². The van der Waals surface area contributed by atoms with Crippen molar-refractivity contribution in [3.8, 4) is 0 Å². The quantitative estimate of drug-likeness (QED) is 0.503. The summed E-state index contributed by atoms with van der Waals surface area (Å²) in [6.45, 7) is 0. The molecule has 0 spiro atoms. The largest absolute Gasteiger partial charge is 0.433 e. The number of hydrogen-bond acceptors (Lipinski definition) is 3. The molecule has 0 aliphatic carbocycles. The van der Waals surface area contributed by atoms with Crippen LogP contribution in [0.25, 0.3) is 0 Å². The normalized spacial score (nSPS) is 12.8. The number of hydrogen-bond donors (Lipinski definition) is 1. The van der Waals surface area contributed by atoms with Gasteiger partial charge in [0.05, 0.1) is 11.1 Å². The highest BCUT2D eigenvalue weighted by Gasteiger charge is 2.37. The van der Waals surface area contributed by atoms with Crippen LogP contribution in [0.3, 0.4) is 0 Å². The average molecular weight is 438 g/mol. The van der Waals surface area contributed by atoms with Crippen LogP contribution in [0.1, 0.15) is 27.3 Å². The van der Waals surface area contributed by atoms with Crippen LogP contribution >= 0.6 is 11.6 Å². The molecule has 0 bridgehead atoms. The van der Waals surface area contributed by atoms with Crippen molar-refractivity contribution in [2.45, 2.75) is 18.5 Å². The van der Waals surface area contributed by atoms with E-state index in [1.807, 2.05) is 0 Å². The van der Waals surface area contributed by atoms with Gasteiger partial charge in [-0.15, -0.1) is 0 Å². The van der Waals surface area contributed by atoms with E-state index in [-0.39, 0.29) is 24.3 Å². The van der Waals surface area contributed by atoms with Gasteiger partial charge >= 0.3 is 18.5 Å². The van der Waals surface area contributed by atoms with E-state index in [0.717, 1.165) is 0 Å². The molecule has 1 amide bonds. The minimum absolute atomic E-state index is 0.138. The number of carbonyl (C=O) groups excluding carboxylic acids is 1. The van der Waals surface area contributed by atoms with Gasteiger partial charge in [-0.2, -0.15) is 39.5 Å². The fourth-order valence-corrected chi connectivity index (χ4v) is 2.08. The van der Waals surface area contributed by atoms with Crippen molar-refractivity contribution >= 4 is 23.2 Å². The molecule has 1 heterocycles. The summed E-state index contributed by atoms with van der Waals surface area (Å²) >= 11 is 5.27.